The maximum atomic E-state index is 11.4. The van der Waals surface area contributed by atoms with Crippen molar-refractivity contribution in [2.24, 2.45) is 0 Å². The van der Waals surface area contributed by atoms with Gasteiger partial charge in [0.05, 0.1) is 18.7 Å². The SMILES string of the molecule is CCOC(=O)CCc1csc(N2CC(OC)C(OC)C2)n1. The van der Waals surface area contributed by atoms with Crippen molar-refractivity contribution in [3.05, 3.63) is 11.1 Å². The van der Waals surface area contributed by atoms with Gasteiger partial charge in [0.1, 0.15) is 12.2 Å². The molecule has 21 heavy (non-hydrogen) atoms. The van der Waals surface area contributed by atoms with Crippen LogP contribution >= 0.6 is 11.3 Å². The van der Waals surface area contributed by atoms with E-state index >= 15 is 0 Å². The van der Waals surface area contributed by atoms with E-state index in [9.17, 15) is 4.79 Å². The molecule has 0 amide bonds. The monoisotopic (exact) mass is 314 g/mol. The minimum absolute atomic E-state index is 0.0712. The van der Waals surface area contributed by atoms with Gasteiger partial charge in [0, 0.05) is 39.1 Å². The lowest BCUT2D eigenvalue weighted by molar-refractivity contribution is -0.143. The summed E-state index contributed by atoms with van der Waals surface area (Å²) in [7, 11) is 3.40. The number of aromatic nitrogens is 1. The molecule has 1 aromatic rings. The van der Waals surface area contributed by atoms with Gasteiger partial charge in [0.15, 0.2) is 5.13 Å². The van der Waals surface area contributed by atoms with E-state index in [0.29, 0.717) is 19.4 Å². The molecule has 0 aromatic carbocycles. The van der Waals surface area contributed by atoms with E-state index in [1.54, 1.807) is 25.6 Å². The Morgan fingerprint density at radius 2 is 2.05 bits per heavy atom. The Hall–Kier alpha value is -1.18. The van der Waals surface area contributed by atoms with Crippen LogP contribution in [0.15, 0.2) is 5.38 Å². The van der Waals surface area contributed by atoms with Crippen molar-refractivity contribution in [1.82, 2.24) is 4.98 Å². The number of esters is 1. The number of ether oxygens (including phenoxy) is 3. The topological polar surface area (TPSA) is 60.9 Å². The summed E-state index contributed by atoms with van der Waals surface area (Å²) in [5.41, 5.74) is 0.929. The van der Waals surface area contributed by atoms with Gasteiger partial charge in [-0.25, -0.2) is 4.98 Å². The van der Waals surface area contributed by atoms with E-state index in [-0.39, 0.29) is 18.2 Å². The van der Waals surface area contributed by atoms with Gasteiger partial charge in [-0.1, -0.05) is 0 Å². The van der Waals surface area contributed by atoms with E-state index in [2.05, 4.69) is 9.88 Å². The number of nitrogens with zero attached hydrogens (tertiary/aromatic N) is 2. The van der Waals surface area contributed by atoms with Gasteiger partial charge in [-0.3, -0.25) is 4.79 Å². The molecule has 0 bridgehead atoms. The normalized spacial score (nSPS) is 21.8. The molecule has 1 saturated heterocycles. The van der Waals surface area contributed by atoms with Crippen LogP contribution in [0.5, 0.6) is 0 Å². The minimum atomic E-state index is -0.174. The second kappa shape index (κ2) is 7.72. The van der Waals surface area contributed by atoms with E-state index in [4.69, 9.17) is 14.2 Å². The maximum Gasteiger partial charge on any atom is 0.306 e. The number of aryl methyl sites for hydroxylation is 1. The summed E-state index contributed by atoms with van der Waals surface area (Å²) in [6.07, 6.45) is 1.13. The van der Waals surface area contributed by atoms with Crippen LogP contribution < -0.4 is 4.90 Å². The van der Waals surface area contributed by atoms with E-state index in [0.717, 1.165) is 23.9 Å². The first-order valence-corrected chi connectivity index (χ1v) is 7.96. The third-order valence-electron chi connectivity index (χ3n) is 3.52. The van der Waals surface area contributed by atoms with Crippen LogP contribution in [0.3, 0.4) is 0 Å². The average molecular weight is 314 g/mol. The van der Waals surface area contributed by atoms with Crippen LogP contribution in [0, 0.1) is 0 Å². The van der Waals surface area contributed by atoms with Gasteiger partial charge >= 0.3 is 5.97 Å². The fourth-order valence-corrected chi connectivity index (χ4v) is 3.25. The Morgan fingerprint density at radius 1 is 1.38 bits per heavy atom. The first-order valence-electron chi connectivity index (χ1n) is 7.08. The molecule has 0 N–H and O–H groups in total. The molecule has 0 spiro atoms. The number of thiazole rings is 1. The molecule has 1 aliphatic heterocycles. The summed E-state index contributed by atoms with van der Waals surface area (Å²) in [6, 6.07) is 0. The highest BCUT2D eigenvalue weighted by Gasteiger charge is 2.34. The van der Waals surface area contributed by atoms with Crippen molar-refractivity contribution < 1.29 is 19.0 Å². The van der Waals surface area contributed by atoms with Gasteiger partial charge in [0.2, 0.25) is 0 Å². The number of hydrogen-bond donors (Lipinski definition) is 0. The molecule has 1 aliphatic rings. The maximum absolute atomic E-state index is 11.4. The number of rotatable bonds is 7. The number of carbonyl (C=O) groups is 1. The summed E-state index contributed by atoms with van der Waals surface area (Å²) in [5, 5.41) is 2.95. The van der Waals surface area contributed by atoms with Crippen molar-refractivity contribution >= 4 is 22.4 Å². The van der Waals surface area contributed by atoms with Gasteiger partial charge in [-0.05, 0) is 6.92 Å². The van der Waals surface area contributed by atoms with Gasteiger partial charge in [-0.15, -0.1) is 11.3 Å². The lowest BCUT2D eigenvalue weighted by Gasteiger charge is -2.13. The van der Waals surface area contributed by atoms with Crippen LogP contribution in [-0.4, -0.2) is 57.1 Å². The average Bonchev–Trinajstić information content (AvgIpc) is 3.11. The summed E-state index contributed by atoms with van der Waals surface area (Å²) in [5.74, 6) is -0.174. The highest BCUT2D eigenvalue weighted by Crippen LogP contribution is 2.27. The van der Waals surface area contributed by atoms with Crippen LogP contribution in [-0.2, 0) is 25.4 Å². The summed E-state index contributed by atoms with van der Waals surface area (Å²) in [6.45, 7) is 3.79. The van der Waals surface area contributed by atoms with E-state index < -0.39 is 0 Å². The van der Waals surface area contributed by atoms with Crippen molar-refractivity contribution in [3.63, 3.8) is 0 Å². The zero-order valence-corrected chi connectivity index (χ0v) is 13.5. The van der Waals surface area contributed by atoms with E-state index in [1.165, 1.54) is 0 Å². The Bertz CT molecular complexity index is 454. The molecule has 0 aliphatic carbocycles. The lowest BCUT2D eigenvalue weighted by atomic mass is 10.2. The third kappa shape index (κ3) is 4.15. The third-order valence-corrected chi connectivity index (χ3v) is 4.47. The Morgan fingerprint density at radius 3 is 2.62 bits per heavy atom. The summed E-state index contributed by atoms with van der Waals surface area (Å²) >= 11 is 1.59. The van der Waals surface area contributed by atoms with Crippen molar-refractivity contribution in [2.75, 3.05) is 38.8 Å². The van der Waals surface area contributed by atoms with E-state index in [1.807, 2.05) is 12.3 Å². The van der Waals surface area contributed by atoms with Gasteiger partial charge in [-0.2, -0.15) is 0 Å². The molecule has 1 fully saturated rings. The minimum Gasteiger partial charge on any atom is -0.466 e. The fourth-order valence-electron chi connectivity index (χ4n) is 2.37. The second-order valence-corrected chi connectivity index (χ2v) is 5.72. The predicted molar refractivity (Wildman–Crippen MR) is 80.9 cm³/mol. The highest BCUT2D eigenvalue weighted by atomic mass is 32.1. The molecule has 118 valence electrons. The molecule has 1 aromatic heterocycles. The van der Waals surface area contributed by atoms with Crippen LogP contribution in [0.25, 0.3) is 0 Å². The first kappa shape index (κ1) is 16.2. The molecule has 2 atom stereocenters. The highest BCUT2D eigenvalue weighted by molar-refractivity contribution is 7.13. The Labute approximate surface area is 129 Å². The molecule has 7 heteroatoms. The molecule has 0 radical (unpaired) electrons. The smallest absolute Gasteiger partial charge is 0.306 e. The zero-order chi connectivity index (χ0) is 15.2. The molecule has 0 saturated carbocycles. The number of hydrogen-bond acceptors (Lipinski definition) is 7. The van der Waals surface area contributed by atoms with Crippen LogP contribution in [0.2, 0.25) is 0 Å². The Kier molecular flexibility index (Phi) is 5.96. The molecular weight excluding hydrogens is 292 g/mol. The molecular formula is C14H22N2O4S. The standard InChI is InChI=1S/C14H22N2O4S/c1-4-20-13(17)6-5-10-9-21-14(15-10)16-7-11(18-2)12(8-16)19-3/h9,11-12H,4-8H2,1-3H3. The largest absolute Gasteiger partial charge is 0.466 e. The summed E-state index contributed by atoms with van der Waals surface area (Å²) in [4.78, 5) is 18.1. The number of anilines is 1. The molecule has 2 unspecified atom stereocenters. The first-order chi connectivity index (χ1) is 10.2. The quantitative estimate of drug-likeness (QED) is 0.711. The van der Waals surface area contributed by atoms with Crippen LogP contribution in [0.1, 0.15) is 19.0 Å². The van der Waals surface area contributed by atoms with Crippen molar-refractivity contribution in [3.8, 4) is 0 Å². The molecule has 2 heterocycles. The van der Waals surface area contributed by atoms with Gasteiger partial charge in [0.25, 0.3) is 0 Å². The predicted octanol–water partition coefficient (Wildman–Crippen LogP) is 1.49. The molecule has 6 nitrogen and oxygen atoms in total. The zero-order valence-electron chi connectivity index (χ0n) is 12.7. The fraction of sp³-hybridized carbons (Fsp3) is 0.714. The number of methoxy groups -OCH3 is 2. The van der Waals surface area contributed by atoms with Gasteiger partial charge < -0.3 is 19.1 Å². The van der Waals surface area contributed by atoms with Crippen molar-refractivity contribution in [1.29, 1.82) is 0 Å². The second-order valence-electron chi connectivity index (χ2n) is 4.88. The van der Waals surface area contributed by atoms with Crippen molar-refractivity contribution in [2.45, 2.75) is 32.0 Å². The molecule has 2 rings (SSSR count). The number of carbonyl (C=O) groups excluding carboxylic acids is 1. The van der Waals surface area contributed by atoms with Crippen LogP contribution in [0.4, 0.5) is 5.13 Å². The lowest BCUT2D eigenvalue weighted by Crippen LogP contribution is -2.27. The Balaban J connectivity index is 1.90. The summed E-state index contributed by atoms with van der Waals surface area (Å²) < 4.78 is 15.8.